The Kier molecular flexibility index (Phi) is 2.64. The molecule has 2 rings (SSSR count). The molecule has 0 aliphatic heterocycles. The number of carbonyl (C=O) groups is 1. The third kappa shape index (κ3) is 2.13. The number of anilines is 2. The van der Waals surface area contributed by atoms with Crippen LogP contribution in [0.2, 0.25) is 0 Å². The van der Waals surface area contributed by atoms with Crippen molar-refractivity contribution in [2.45, 2.75) is 0 Å². The summed E-state index contributed by atoms with van der Waals surface area (Å²) in [5.74, 6) is -0.290. The average molecular weight is 220 g/mol. The molecule has 0 aromatic carbocycles. The predicted octanol–water partition coefficient (Wildman–Crippen LogP) is 2.58. The first-order valence-electron chi connectivity index (χ1n) is 4.26. The summed E-state index contributed by atoms with van der Waals surface area (Å²) in [7, 11) is 0. The van der Waals surface area contributed by atoms with Gasteiger partial charge in [-0.2, -0.15) is 0 Å². The summed E-state index contributed by atoms with van der Waals surface area (Å²) in [5, 5.41) is 13.6. The minimum atomic E-state index is -0.927. The number of carboxylic acid groups (broad SMARTS) is 1. The lowest BCUT2D eigenvalue weighted by atomic mass is 10.3. The highest BCUT2D eigenvalue weighted by molar-refractivity contribution is 7.12. The number of hydrogen-bond acceptors (Lipinski definition) is 4. The number of thiophene rings is 1. The van der Waals surface area contributed by atoms with Crippen molar-refractivity contribution in [3.05, 3.63) is 40.7 Å². The van der Waals surface area contributed by atoms with Crippen molar-refractivity contribution < 1.29 is 9.90 Å². The van der Waals surface area contributed by atoms with Gasteiger partial charge in [-0.15, -0.1) is 11.3 Å². The zero-order valence-electron chi connectivity index (χ0n) is 7.68. The van der Waals surface area contributed by atoms with Crippen LogP contribution in [0, 0.1) is 0 Å². The maximum Gasteiger partial charge on any atom is 0.348 e. The molecular weight excluding hydrogens is 212 g/mol. The van der Waals surface area contributed by atoms with Crippen molar-refractivity contribution in [2.75, 3.05) is 5.32 Å². The number of aromatic carboxylic acids is 1. The van der Waals surface area contributed by atoms with Crippen LogP contribution in [0.1, 0.15) is 9.67 Å². The van der Waals surface area contributed by atoms with Crippen LogP contribution in [0.3, 0.4) is 0 Å². The van der Waals surface area contributed by atoms with E-state index in [1.54, 1.807) is 29.8 Å². The lowest BCUT2D eigenvalue weighted by Gasteiger charge is -2.03. The second-order valence-electron chi connectivity index (χ2n) is 2.81. The molecule has 4 nitrogen and oxygen atoms in total. The first-order valence-corrected chi connectivity index (χ1v) is 5.14. The van der Waals surface area contributed by atoms with Crippen molar-refractivity contribution >= 4 is 28.8 Å². The minimum Gasteiger partial charge on any atom is -0.477 e. The normalized spacial score (nSPS) is 9.87. The van der Waals surface area contributed by atoms with E-state index in [0.717, 1.165) is 0 Å². The Morgan fingerprint density at radius 1 is 1.40 bits per heavy atom. The molecule has 2 aromatic heterocycles. The van der Waals surface area contributed by atoms with Gasteiger partial charge in [0.05, 0.1) is 5.69 Å². The summed E-state index contributed by atoms with van der Waals surface area (Å²) in [5.41, 5.74) is 0.575. The molecule has 0 radical (unpaired) electrons. The summed E-state index contributed by atoms with van der Waals surface area (Å²) >= 11 is 1.19. The van der Waals surface area contributed by atoms with Crippen molar-refractivity contribution in [2.24, 2.45) is 0 Å². The van der Waals surface area contributed by atoms with Crippen LogP contribution in [0.25, 0.3) is 0 Å². The van der Waals surface area contributed by atoms with Gasteiger partial charge in [0.1, 0.15) is 10.7 Å². The van der Waals surface area contributed by atoms with Crippen LogP contribution in [0.5, 0.6) is 0 Å². The number of hydrogen-bond donors (Lipinski definition) is 2. The molecule has 0 spiro atoms. The van der Waals surface area contributed by atoms with Gasteiger partial charge in [0.2, 0.25) is 0 Å². The number of nitrogens with one attached hydrogen (secondary N) is 1. The zero-order valence-corrected chi connectivity index (χ0v) is 8.49. The van der Waals surface area contributed by atoms with Gasteiger partial charge >= 0.3 is 5.97 Å². The molecule has 0 atom stereocenters. The summed E-state index contributed by atoms with van der Waals surface area (Å²) in [4.78, 5) is 15.2. The molecule has 2 aromatic rings. The highest BCUT2D eigenvalue weighted by Gasteiger charge is 2.11. The molecular formula is C10H8N2O2S. The highest BCUT2D eigenvalue weighted by Crippen LogP contribution is 2.24. The molecule has 5 heteroatoms. The second-order valence-corrected chi connectivity index (χ2v) is 3.72. The number of pyridine rings is 1. The van der Waals surface area contributed by atoms with Gasteiger partial charge in [-0.3, -0.25) is 0 Å². The van der Waals surface area contributed by atoms with Crippen molar-refractivity contribution in [1.82, 2.24) is 4.98 Å². The number of nitrogens with zero attached hydrogens (tertiary/aromatic N) is 1. The van der Waals surface area contributed by atoms with Gasteiger partial charge in [0, 0.05) is 6.20 Å². The van der Waals surface area contributed by atoms with E-state index in [1.165, 1.54) is 11.3 Å². The van der Waals surface area contributed by atoms with E-state index in [1.807, 2.05) is 6.07 Å². The van der Waals surface area contributed by atoms with Crippen LogP contribution in [0.4, 0.5) is 11.5 Å². The highest BCUT2D eigenvalue weighted by atomic mass is 32.1. The number of carboxylic acids is 1. The molecule has 0 saturated carbocycles. The fourth-order valence-electron chi connectivity index (χ4n) is 1.15. The zero-order chi connectivity index (χ0) is 10.7. The average Bonchev–Trinajstić information content (AvgIpc) is 2.67. The van der Waals surface area contributed by atoms with E-state index in [0.29, 0.717) is 16.4 Å². The molecule has 76 valence electrons. The van der Waals surface area contributed by atoms with Crippen LogP contribution < -0.4 is 5.32 Å². The second kappa shape index (κ2) is 4.10. The van der Waals surface area contributed by atoms with Gasteiger partial charge in [0.15, 0.2) is 0 Å². The molecule has 15 heavy (non-hydrogen) atoms. The predicted molar refractivity (Wildman–Crippen MR) is 58.8 cm³/mol. The smallest absolute Gasteiger partial charge is 0.348 e. The van der Waals surface area contributed by atoms with Crippen molar-refractivity contribution in [3.63, 3.8) is 0 Å². The van der Waals surface area contributed by atoms with E-state index < -0.39 is 5.97 Å². The van der Waals surface area contributed by atoms with E-state index in [9.17, 15) is 4.79 Å². The summed E-state index contributed by atoms with van der Waals surface area (Å²) in [6, 6.07) is 7.14. The molecule has 0 fully saturated rings. The van der Waals surface area contributed by atoms with Crippen molar-refractivity contribution in [1.29, 1.82) is 0 Å². The fraction of sp³-hybridized carbons (Fsp3) is 0. The Morgan fingerprint density at radius 3 is 2.93 bits per heavy atom. The number of rotatable bonds is 3. The monoisotopic (exact) mass is 220 g/mol. The Balaban J connectivity index is 2.25. The third-order valence-electron chi connectivity index (χ3n) is 1.79. The molecule has 2 N–H and O–H groups in total. The van der Waals surface area contributed by atoms with Crippen LogP contribution in [0.15, 0.2) is 35.8 Å². The van der Waals surface area contributed by atoms with E-state index in [-0.39, 0.29) is 0 Å². The summed E-state index contributed by atoms with van der Waals surface area (Å²) in [6.45, 7) is 0. The van der Waals surface area contributed by atoms with E-state index >= 15 is 0 Å². The fourth-order valence-corrected chi connectivity index (χ4v) is 1.84. The number of aromatic nitrogens is 1. The Hall–Kier alpha value is -1.88. The van der Waals surface area contributed by atoms with E-state index in [4.69, 9.17) is 5.11 Å². The molecule has 0 amide bonds. The molecule has 0 saturated heterocycles. The van der Waals surface area contributed by atoms with Gasteiger partial charge < -0.3 is 10.4 Å². The van der Waals surface area contributed by atoms with Crippen LogP contribution >= 0.6 is 11.3 Å². The first-order chi connectivity index (χ1) is 7.27. The third-order valence-corrected chi connectivity index (χ3v) is 2.69. The lowest BCUT2D eigenvalue weighted by Crippen LogP contribution is -1.99. The quantitative estimate of drug-likeness (QED) is 0.834. The van der Waals surface area contributed by atoms with Gasteiger partial charge in [0.25, 0.3) is 0 Å². The first kappa shape index (κ1) is 9.67. The minimum absolute atomic E-state index is 0.292. The molecule has 0 unspecified atom stereocenters. The van der Waals surface area contributed by atoms with Crippen LogP contribution in [-0.4, -0.2) is 16.1 Å². The SMILES string of the molecule is O=C(O)c1sccc1Nc1ccccn1. The summed E-state index contributed by atoms with van der Waals surface area (Å²) < 4.78 is 0. The Labute approximate surface area is 90.2 Å². The maximum absolute atomic E-state index is 10.8. The van der Waals surface area contributed by atoms with E-state index in [2.05, 4.69) is 10.3 Å². The van der Waals surface area contributed by atoms with Gasteiger partial charge in [-0.05, 0) is 23.6 Å². The standard InChI is InChI=1S/C10H8N2O2S/c13-10(14)9-7(4-6-15-9)12-8-3-1-2-5-11-8/h1-6H,(H,11,12)(H,13,14). The lowest BCUT2D eigenvalue weighted by molar-refractivity contribution is 0.0703. The maximum atomic E-state index is 10.8. The summed E-state index contributed by atoms with van der Waals surface area (Å²) in [6.07, 6.45) is 1.65. The van der Waals surface area contributed by atoms with Gasteiger partial charge in [-0.25, -0.2) is 9.78 Å². The topological polar surface area (TPSA) is 62.2 Å². The van der Waals surface area contributed by atoms with Crippen molar-refractivity contribution in [3.8, 4) is 0 Å². The molecule has 0 aliphatic rings. The Bertz CT molecular complexity index is 467. The molecule has 0 bridgehead atoms. The molecule has 2 heterocycles. The van der Waals surface area contributed by atoms with Gasteiger partial charge in [-0.1, -0.05) is 6.07 Å². The largest absolute Gasteiger partial charge is 0.477 e. The molecule has 0 aliphatic carbocycles. The Morgan fingerprint density at radius 2 is 2.27 bits per heavy atom. The van der Waals surface area contributed by atoms with Crippen LogP contribution in [-0.2, 0) is 0 Å².